The average Bonchev–Trinajstić information content (AvgIpc) is 3.44. The molecule has 2 heterocycles. The number of hydrogen-bond acceptors (Lipinski definition) is 5. The highest BCUT2D eigenvalue weighted by molar-refractivity contribution is 6.05. The summed E-state index contributed by atoms with van der Waals surface area (Å²) in [6.45, 7) is 0.196. The molecule has 2 fully saturated rings. The maximum absolute atomic E-state index is 14.0. The Morgan fingerprint density at radius 3 is 2.61 bits per heavy atom. The van der Waals surface area contributed by atoms with E-state index in [0.29, 0.717) is 25.7 Å². The van der Waals surface area contributed by atoms with Crippen molar-refractivity contribution in [2.45, 2.75) is 50.4 Å². The summed E-state index contributed by atoms with van der Waals surface area (Å²) in [7, 11) is 1.59. The van der Waals surface area contributed by atoms with Gasteiger partial charge in [-0.1, -0.05) is 0 Å². The monoisotopic (exact) mass is 437 g/mol. The number of anilines is 1. The van der Waals surface area contributed by atoms with E-state index in [2.05, 4.69) is 15.4 Å². The number of methoxy groups -OCH3 is 1. The molecule has 0 aromatic carbocycles. The highest BCUT2D eigenvalue weighted by Crippen LogP contribution is 2.47. The van der Waals surface area contributed by atoms with E-state index in [4.69, 9.17) is 10.5 Å². The second kappa shape index (κ2) is 7.95. The molecule has 0 atom stereocenters. The number of nitrogens with two attached hydrogens (primary N) is 1. The third-order valence-corrected chi connectivity index (χ3v) is 5.67. The van der Waals surface area contributed by atoms with E-state index in [9.17, 15) is 22.8 Å². The summed E-state index contributed by atoms with van der Waals surface area (Å²) in [5.74, 6) is -1.98. The Labute approximate surface area is 176 Å². The van der Waals surface area contributed by atoms with Crippen molar-refractivity contribution in [2.75, 3.05) is 12.4 Å². The minimum absolute atomic E-state index is 0.0758. The van der Waals surface area contributed by atoms with Crippen LogP contribution < -0.4 is 11.1 Å². The fourth-order valence-corrected chi connectivity index (χ4v) is 3.86. The zero-order valence-corrected chi connectivity index (χ0v) is 16.8. The Hall–Kier alpha value is -2.95. The van der Waals surface area contributed by atoms with Crippen molar-refractivity contribution in [2.24, 2.45) is 11.7 Å². The van der Waals surface area contributed by atoms with Crippen molar-refractivity contribution in [1.82, 2.24) is 14.8 Å². The maximum atomic E-state index is 14.0. The highest BCUT2D eigenvalue weighted by atomic mass is 19.4. The molecule has 0 bridgehead atoms. The zero-order chi connectivity index (χ0) is 22.3. The van der Waals surface area contributed by atoms with Gasteiger partial charge >= 0.3 is 6.18 Å². The van der Waals surface area contributed by atoms with Crippen LogP contribution in [0, 0.1) is 5.92 Å². The van der Waals surface area contributed by atoms with Crippen LogP contribution in [-0.4, -0.2) is 39.8 Å². The lowest BCUT2D eigenvalue weighted by Gasteiger charge is -2.34. The molecule has 0 spiro atoms. The van der Waals surface area contributed by atoms with Crippen LogP contribution in [0.4, 0.5) is 18.9 Å². The van der Waals surface area contributed by atoms with Crippen LogP contribution in [0.15, 0.2) is 18.3 Å². The van der Waals surface area contributed by atoms with Crippen LogP contribution >= 0.6 is 0 Å². The first-order valence-corrected chi connectivity index (χ1v) is 9.95. The predicted octanol–water partition coefficient (Wildman–Crippen LogP) is 2.95. The number of nitrogens with one attached hydrogen (secondary N) is 1. The first-order valence-electron chi connectivity index (χ1n) is 9.95. The van der Waals surface area contributed by atoms with Gasteiger partial charge in [-0.05, 0) is 43.7 Å². The number of alkyl halides is 3. The lowest BCUT2D eigenvalue weighted by atomic mass is 9.82. The quantitative estimate of drug-likeness (QED) is 0.692. The van der Waals surface area contributed by atoms with Crippen LogP contribution in [0.2, 0.25) is 0 Å². The van der Waals surface area contributed by atoms with Crippen molar-refractivity contribution in [1.29, 1.82) is 0 Å². The van der Waals surface area contributed by atoms with Crippen LogP contribution in [0.1, 0.15) is 63.8 Å². The van der Waals surface area contributed by atoms with Gasteiger partial charge in [-0.15, -0.1) is 0 Å². The van der Waals surface area contributed by atoms with E-state index in [1.807, 2.05) is 0 Å². The minimum atomic E-state index is -4.73. The van der Waals surface area contributed by atoms with E-state index in [1.54, 1.807) is 7.11 Å². The van der Waals surface area contributed by atoms with Crippen molar-refractivity contribution >= 4 is 17.5 Å². The Morgan fingerprint density at radius 1 is 1.32 bits per heavy atom. The van der Waals surface area contributed by atoms with Gasteiger partial charge in [-0.2, -0.15) is 18.3 Å². The standard InChI is InChI=1S/C20H22F3N5O3/c1-31-13-6-10(7-13)9-28-17(15(20(21,22)23)16(27-28)11-2-3-11)19(30)26-12-4-5-25-14(8-12)18(24)29/h4-5,8,10-11,13H,2-3,6-7,9H2,1H3,(H2,24,29)(H,25,26,30). The summed E-state index contributed by atoms with van der Waals surface area (Å²) in [4.78, 5) is 28.1. The smallest absolute Gasteiger partial charge is 0.381 e. The molecule has 4 rings (SSSR count). The number of primary amides is 1. The number of rotatable bonds is 7. The number of halogens is 3. The molecule has 11 heteroatoms. The first kappa shape index (κ1) is 21.3. The van der Waals surface area contributed by atoms with Crippen LogP contribution in [-0.2, 0) is 17.5 Å². The van der Waals surface area contributed by atoms with E-state index < -0.39 is 29.2 Å². The summed E-state index contributed by atoms with van der Waals surface area (Å²) in [5, 5.41) is 6.66. The molecule has 0 saturated heterocycles. The summed E-state index contributed by atoms with van der Waals surface area (Å²) in [6, 6.07) is 2.58. The van der Waals surface area contributed by atoms with Crippen LogP contribution in [0.5, 0.6) is 0 Å². The third-order valence-electron chi connectivity index (χ3n) is 5.67. The number of carbonyl (C=O) groups excluding carboxylic acids is 2. The van der Waals surface area contributed by atoms with E-state index in [-0.39, 0.29) is 41.6 Å². The Bertz CT molecular complexity index is 1010. The Kier molecular flexibility index (Phi) is 5.46. The van der Waals surface area contributed by atoms with Gasteiger partial charge in [0.05, 0.1) is 11.8 Å². The molecular formula is C20H22F3N5O3. The van der Waals surface area contributed by atoms with Gasteiger partial charge in [0.2, 0.25) is 0 Å². The number of carbonyl (C=O) groups is 2. The normalized spacial score (nSPS) is 20.9. The minimum Gasteiger partial charge on any atom is -0.381 e. The van der Waals surface area contributed by atoms with Crippen molar-refractivity contribution in [3.05, 3.63) is 41.0 Å². The van der Waals surface area contributed by atoms with E-state index in [0.717, 1.165) is 0 Å². The van der Waals surface area contributed by atoms with E-state index >= 15 is 0 Å². The van der Waals surface area contributed by atoms with Gasteiger partial charge in [-0.25, -0.2) is 0 Å². The topological polar surface area (TPSA) is 112 Å². The molecule has 2 aromatic rings. The average molecular weight is 437 g/mol. The lowest BCUT2D eigenvalue weighted by Crippen LogP contribution is -2.34. The number of hydrogen-bond donors (Lipinski definition) is 2. The van der Waals surface area contributed by atoms with Gasteiger partial charge in [0.25, 0.3) is 11.8 Å². The summed E-state index contributed by atoms with van der Waals surface area (Å²) >= 11 is 0. The number of aromatic nitrogens is 3. The molecule has 2 amide bonds. The largest absolute Gasteiger partial charge is 0.420 e. The molecule has 0 radical (unpaired) electrons. The number of amides is 2. The molecule has 0 unspecified atom stereocenters. The van der Waals surface area contributed by atoms with Gasteiger partial charge < -0.3 is 15.8 Å². The SMILES string of the molecule is COC1CC(Cn2nc(C3CC3)c(C(F)(F)F)c2C(=O)Nc2ccnc(C(N)=O)c2)C1. The molecular weight excluding hydrogens is 415 g/mol. The summed E-state index contributed by atoms with van der Waals surface area (Å²) in [6.07, 6.45) is -0.786. The zero-order valence-electron chi connectivity index (χ0n) is 16.8. The third kappa shape index (κ3) is 4.41. The number of pyridine rings is 1. The molecule has 3 N–H and O–H groups in total. The summed E-state index contributed by atoms with van der Waals surface area (Å²) in [5.41, 5.74) is 3.61. The molecule has 0 aliphatic heterocycles. The molecule has 2 aliphatic rings. The van der Waals surface area contributed by atoms with Gasteiger partial charge in [0, 0.05) is 31.5 Å². The maximum Gasteiger partial charge on any atom is 0.420 e. The van der Waals surface area contributed by atoms with Gasteiger partial charge in [0.15, 0.2) is 0 Å². The first-order chi connectivity index (χ1) is 14.7. The Morgan fingerprint density at radius 2 is 2.03 bits per heavy atom. The molecule has 8 nitrogen and oxygen atoms in total. The summed E-state index contributed by atoms with van der Waals surface area (Å²) < 4.78 is 48.4. The van der Waals surface area contributed by atoms with Crippen molar-refractivity contribution < 1.29 is 27.5 Å². The number of nitrogens with zero attached hydrogens (tertiary/aromatic N) is 3. The predicted molar refractivity (Wildman–Crippen MR) is 103 cm³/mol. The molecule has 166 valence electrons. The van der Waals surface area contributed by atoms with Gasteiger partial charge in [-0.3, -0.25) is 19.3 Å². The van der Waals surface area contributed by atoms with E-state index in [1.165, 1.54) is 23.0 Å². The van der Waals surface area contributed by atoms with Crippen LogP contribution in [0.3, 0.4) is 0 Å². The lowest BCUT2D eigenvalue weighted by molar-refractivity contribution is -0.138. The fraction of sp³-hybridized carbons (Fsp3) is 0.500. The van der Waals surface area contributed by atoms with Crippen molar-refractivity contribution in [3.63, 3.8) is 0 Å². The molecule has 2 saturated carbocycles. The second-order valence-corrected chi connectivity index (χ2v) is 8.01. The molecule has 2 aromatic heterocycles. The fourth-order valence-electron chi connectivity index (χ4n) is 3.86. The Balaban J connectivity index is 1.69. The molecule has 2 aliphatic carbocycles. The number of ether oxygens (including phenoxy) is 1. The second-order valence-electron chi connectivity index (χ2n) is 8.01. The molecule has 31 heavy (non-hydrogen) atoms. The van der Waals surface area contributed by atoms with Crippen molar-refractivity contribution in [3.8, 4) is 0 Å². The highest BCUT2D eigenvalue weighted by Gasteiger charge is 2.46. The van der Waals surface area contributed by atoms with Gasteiger partial charge in [0.1, 0.15) is 17.0 Å². The van der Waals surface area contributed by atoms with Crippen LogP contribution in [0.25, 0.3) is 0 Å².